The summed E-state index contributed by atoms with van der Waals surface area (Å²) in [6, 6.07) is 8.30. The van der Waals surface area contributed by atoms with Gasteiger partial charge in [-0.2, -0.15) is 9.97 Å². The summed E-state index contributed by atoms with van der Waals surface area (Å²) in [5.74, 6) is 1.40. The number of nitrogens with two attached hydrogens (primary N) is 1. The number of imidazole rings is 1. The maximum Gasteiger partial charge on any atom is 0.430 e. The molecule has 0 spiro atoms. The minimum Gasteiger partial charge on any atom is -0.365 e. The summed E-state index contributed by atoms with van der Waals surface area (Å²) in [6.45, 7) is 1.21. The molecular formula is C28H38ClN9O2. The van der Waals surface area contributed by atoms with Crippen molar-refractivity contribution in [3.63, 3.8) is 0 Å². The zero-order valence-electron chi connectivity index (χ0n) is 22.7. The standard InChI is InChI=1S/C28H38ClN9O2/c29-22-7-3-4-8-23(22)34-28(39)40-37-15-13-20(14-16-37)32-25-24-26(38(17-31-24)21-5-1-2-6-21)36-27(35-25)33-19-11-9-18(30)10-12-19/h3-4,7-8,17-21H,1-2,5-6,9-16,30H2,(H,34,39)(H2,32,33,35,36). The molecule has 2 aliphatic carbocycles. The Kier molecular flexibility index (Phi) is 8.22. The van der Waals surface area contributed by atoms with Gasteiger partial charge in [-0.3, -0.25) is 5.32 Å². The lowest BCUT2D eigenvalue weighted by Gasteiger charge is -2.31. The largest absolute Gasteiger partial charge is 0.430 e. The van der Waals surface area contributed by atoms with E-state index in [1.165, 1.54) is 12.8 Å². The number of rotatable bonds is 7. The van der Waals surface area contributed by atoms with Crippen LogP contribution >= 0.6 is 11.6 Å². The molecule has 3 aromatic rings. The Hall–Kier alpha value is -3.15. The molecule has 1 saturated heterocycles. The number of para-hydroxylation sites is 1. The molecule has 0 unspecified atom stereocenters. The second-order valence-corrected chi connectivity index (χ2v) is 11.7. The number of hydroxylamine groups is 2. The lowest BCUT2D eigenvalue weighted by Crippen LogP contribution is -2.41. The quantitative estimate of drug-likeness (QED) is 0.299. The Morgan fingerprint density at radius 1 is 0.950 bits per heavy atom. The summed E-state index contributed by atoms with van der Waals surface area (Å²) in [5.41, 5.74) is 8.34. The number of carbonyl (C=O) groups excluding carboxylic acids is 1. The summed E-state index contributed by atoms with van der Waals surface area (Å²) in [7, 11) is 0. The van der Waals surface area contributed by atoms with Crippen molar-refractivity contribution in [3.05, 3.63) is 35.6 Å². The van der Waals surface area contributed by atoms with Gasteiger partial charge in [-0.25, -0.2) is 9.78 Å². The van der Waals surface area contributed by atoms with E-state index in [9.17, 15) is 4.79 Å². The number of amides is 1. The van der Waals surface area contributed by atoms with Gasteiger partial charge in [0.1, 0.15) is 0 Å². The first-order valence-corrected chi connectivity index (χ1v) is 14.9. The van der Waals surface area contributed by atoms with Crippen molar-refractivity contribution in [2.24, 2.45) is 5.73 Å². The number of aromatic nitrogens is 4. The van der Waals surface area contributed by atoms with Gasteiger partial charge in [0.2, 0.25) is 5.95 Å². The molecule has 40 heavy (non-hydrogen) atoms. The molecule has 1 aromatic carbocycles. The topological polar surface area (TPSA) is 135 Å². The average Bonchev–Trinajstić information content (AvgIpc) is 3.63. The molecule has 3 fully saturated rings. The number of fused-ring (bicyclic) bond motifs is 1. The number of halogens is 1. The number of anilines is 3. The van der Waals surface area contributed by atoms with Crippen molar-refractivity contribution in [1.82, 2.24) is 24.6 Å². The van der Waals surface area contributed by atoms with Gasteiger partial charge in [0.15, 0.2) is 17.0 Å². The zero-order chi connectivity index (χ0) is 27.5. The van der Waals surface area contributed by atoms with E-state index in [4.69, 9.17) is 37.1 Å². The second kappa shape index (κ2) is 12.2. The number of piperidine rings is 1. The highest BCUT2D eigenvalue weighted by Gasteiger charge is 2.27. The molecule has 0 radical (unpaired) electrons. The Morgan fingerprint density at radius 2 is 1.68 bits per heavy atom. The minimum absolute atomic E-state index is 0.168. The molecule has 1 amide bonds. The molecule has 6 rings (SSSR count). The van der Waals surface area contributed by atoms with Crippen LogP contribution in [-0.2, 0) is 4.84 Å². The number of nitrogens with zero attached hydrogens (tertiary/aromatic N) is 5. The predicted molar refractivity (Wildman–Crippen MR) is 156 cm³/mol. The van der Waals surface area contributed by atoms with Crippen molar-refractivity contribution >= 4 is 46.3 Å². The van der Waals surface area contributed by atoms with E-state index in [1.807, 2.05) is 18.5 Å². The average molecular weight is 568 g/mol. The smallest absolute Gasteiger partial charge is 0.365 e. The van der Waals surface area contributed by atoms with Crippen molar-refractivity contribution in [3.8, 4) is 0 Å². The number of carbonyl (C=O) groups is 1. The first kappa shape index (κ1) is 27.0. The summed E-state index contributed by atoms with van der Waals surface area (Å²) in [6.07, 6.45) is 11.8. The number of nitrogens with one attached hydrogen (secondary N) is 3. The molecule has 5 N–H and O–H groups in total. The van der Waals surface area contributed by atoms with Gasteiger partial charge in [0.05, 0.1) is 17.0 Å². The van der Waals surface area contributed by atoms with Gasteiger partial charge in [-0.15, -0.1) is 5.06 Å². The third-order valence-corrected chi connectivity index (χ3v) is 8.69. The summed E-state index contributed by atoms with van der Waals surface area (Å²) >= 11 is 6.14. The van der Waals surface area contributed by atoms with E-state index in [2.05, 4.69) is 20.5 Å². The highest BCUT2D eigenvalue weighted by molar-refractivity contribution is 6.33. The fourth-order valence-corrected chi connectivity index (χ4v) is 6.26. The van der Waals surface area contributed by atoms with E-state index < -0.39 is 6.09 Å². The fraction of sp³-hybridized carbons (Fsp3) is 0.571. The van der Waals surface area contributed by atoms with Crippen LogP contribution < -0.4 is 21.7 Å². The van der Waals surface area contributed by atoms with Crippen LogP contribution in [-0.4, -0.2) is 61.9 Å². The second-order valence-electron chi connectivity index (χ2n) is 11.2. The van der Waals surface area contributed by atoms with Crippen LogP contribution in [0.25, 0.3) is 11.2 Å². The molecule has 2 aromatic heterocycles. The Labute approximate surface area is 239 Å². The van der Waals surface area contributed by atoms with Crippen LogP contribution in [0.15, 0.2) is 30.6 Å². The van der Waals surface area contributed by atoms with Crippen molar-refractivity contribution in [1.29, 1.82) is 0 Å². The van der Waals surface area contributed by atoms with Crippen LogP contribution in [0.5, 0.6) is 0 Å². The van der Waals surface area contributed by atoms with Gasteiger partial charge in [0.25, 0.3) is 0 Å². The lowest BCUT2D eigenvalue weighted by molar-refractivity contribution is -0.106. The maximum absolute atomic E-state index is 12.4. The summed E-state index contributed by atoms with van der Waals surface area (Å²) in [4.78, 5) is 32.5. The van der Waals surface area contributed by atoms with E-state index in [-0.39, 0.29) is 6.04 Å². The maximum atomic E-state index is 12.4. The summed E-state index contributed by atoms with van der Waals surface area (Å²) in [5, 5.41) is 12.1. The van der Waals surface area contributed by atoms with E-state index in [1.54, 1.807) is 17.2 Å². The van der Waals surface area contributed by atoms with Crippen LogP contribution in [0.3, 0.4) is 0 Å². The molecule has 2 saturated carbocycles. The Balaban J connectivity index is 1.12. The van der Waals surface area contributed by atoms with E-state index in [0.717, 1.165) is 68.3 Å². The minimum atomic E-state index is -0.547. The third kappa shape index (κ3) is 6.26. The zero-order valence-corrected chi connectivity index (χ0v) is 23.4. The molecule has 214 valence electrons. The molecule has 3 aliphatic rings. The Morgan fingerprint density at radius 3 is 2.42 bits per heavy atom. The number of hydrogen-bond donors (Lipinski definition) is 4. The van der Waals surface area contributed by atoms with Crippen molar-refractivity contribution in [2.45, 2.75) is 88.4 Å². The van der Waals surface area contributed by atoms with E-state index >= 15 is 0 Å². The van der Waals surface area contributed by atoms with Gasteiger partial charge in [-0.1, -0.05) is 36.6 Å². The van der Waals surface area contributed by atoms with E-state index in [0.29, 0.717) is 47.9 Å². The highest BCUT2D eigenvalue weighted by Crippen LogP contribution is 2.34. The number of benzene rings is 1. The highest BCUT2D eigenvalue weighted by atomic mass is 35.5. The van der Waals surface area contributed by atoms with Gasteiger partial charge in [0, 0.05) is 37.3 Å². The monoisotopic (exact) mass is 567 g/mol. The van der Waals surface area contributed by atoms with Crippen LogP contribution in [0, 0.1) is 0 Å². The lowest BCUT2D eigenvalue weighted by atomic mass is 9.92. The third-order valence-electron chi connectivity index (χ3n) is 8.36. The predicted octanol–water partition coefficient (Wildman–Crippen LogP) is 5.32. The first-order chi connectivity index (χ1) is 19.5. The van der Waals surface area contributed by atoms with Gasteiger partial charge < -0.3 is 25.8 Å². The van der Waals surface area contributed by atoms with Crippen molar-refractivity contribution < 1.29 is 9.63 Å². The Bertz CT molecular complexity index is 1310. The molecule has 3 heterocycles. The molecular weight excluding hydrogens is 530 g/mol. The van der Waals surface area contributed by atoms with Crippen LogP contribution in [0.4, 0.5) is 22.2 Å². The van der Waals surface area contributed by atoms with Gasteiger partial charge in [-0.05, 0) is 63.5 Å². The van der Waals surface area contributed by atoms with Gasteiger partial charge >= 0.3 is 6.09 Å². The fourth-order valence-electron chi connectivity index (χ4n) is 6.07. The van der Waals surface area contributed by atoms with Crippen LogP contribution in [0.2, 0.25) is 5.02 Å². The normalized spacial score (nSPS) is 22.9. The molecule has 12 heteroatoms. The SMILES string of the molecule is NC1CCC(Nc2nc(NC3CCN(OC(=O)Nc4ccccc4Cl)CC3)c3ncn(C4CCCC4)c3n2)CC1. The van der Waals surface area contributed by atoms with Crippen molar-refractivity contribution in [2.75, 3.05) is 29.0 Å². The molecule has 0 atom stereocenters. The molecule has 0 bridgehead atoms. The molecule has 11 nitrogen and oxygen atoms in total. The number of hydrogen-bond acceptors (Lipinski definition) is 9. The summed E-state index contributed by atoms with van der Waals surface area (Å²) < 4.78 is 2.24. The molecule has 1 aliphatic heterocycles. The first-order valence-electron chi connectivity index (χ1n) is 14.5. The van der Waals surface area contributed by atoms with Crippen LogP contribution in [0.1, 0.15) is 70.3 Å².